The van der Waals surface area contributed by atoms with Crippen molar-refractivity contribution in [2.75, 3.05) is 0 Å². The minimum atomic E-state index is 0.768. The Hall–Kier alpha value is -0.760. The van der Waals surface area contributed by atoms with Crippen LogP contribution in [0.1, 0.15) is 37.7 Å². The van der Waals surface area contributed by atoms with Crippen LogP contribution < -0.4 is 5.32 Å². The monoisotopic (exact) mass is 192 g/mol. The Morgan fingerprint density at radius 3 is 2.79 bits per heavy atom. The highest BCUT2D eigenvalue weighted by molar-refractivity contribution is 5.09. The van der Waals surface area contributed by atoms with Gasteiger partial charge in [-0.3, -0.25) is 0 Å². The molecule has 2 heteroatoms. The zero-order chi connectivity index (χ0) is 9.80. The lowest BCUT2D eigenvalue weighted by Crippen LogP contribution is -2.30. The molecule has 0 spiro atoms. The van der Waals surface area contributed by atoms with Crippen molar-refractivity contribution < 1.29 is 0 Å². The van der Waals surface area contributed by atoms with E-state index in [0.717, 1.165) is 12.6 Å². The summed E-state index contributed by atoms with van der Waals surface area (Å²) in [5.41, 5.74) is 1.40. The summed E-state index contributed by atoms with van der Waals surface area (Å²) in [5.74, 6) is 0. The van der Waals surface area contributed by atoms with Crippen molar-refractivity contribution in [3.8, 4) is 0 Å². The van der Waals surface area contributed by atoms with E-state index in [1.807, 2.05) is 0 Å². The molecule has 1 heterocycles. The Morgan fingerprint density at radius 1 is 1.36 bits per heavy atom. The molecule has 0 atom stereocenters. The number of rotatable bonds is 3. The summed E-state index contributed by atoms with van der Waals surface area (Å²) in [5, 5.41) is 3.64. The second-order valence-electron chi connectivity index (χ2n) is 4.40. The molecule has 1 aliphatic rings. The number of aromatic nitrogens is 1. The van der Waals surface area contributed by atoms with Crippen molar-refractivity contribution >= 4 is 0 Å². The summed E-state index contributed by atoms with van der Waals surface area (Å²) in [6, 6.07) is 2.96. The maximum Gasteiger partial charge on any atom is 0.0223 e. The molecular formula is C12H20N2. The van der Waals surface area contributed by atoms with Gasteiger partial charge in [-0.1, -0.05) is 19.3 Å². The molecule has 1 saturated carbocycles. The lowest BCUT2D eigenvalue weighted by Gasteiger charge is -2.22. The summed E-state index contributed by atoms with van der Waals surface area (Å²) < 4.78 is 2.11. The van der Waals surface area contributed by atoms with Crippen LogP contribution >= 0.6 is 0 Å². The molecule has 0 unspecified atom stereocenters. The molecule has 0 saturated heterocycles. The molecule has 1 aliphatic carbocycles. The lowest BCUT2D eigenvalue weighted by atomic mass is 9.95. The number of hydrogen-bond donors (Lipinski definition) is 1. The van der Waals surface area contributed by atoms with E-state index in [2.05, 4.69) is 35.4 Å². The Labute approximate surface area is 86.3 Å². The zero-order valence-electron chi connectivity index (χ0n) is 9.00. The predicted molar refractivity (Wildman–Crippen MR) is 59.1 cm³/mol. The van der Waals surface area contributed by atoms with Crippen LogP contribution in [0.5, 0.6) is 0 Å². The fourth-order valence-corrected chi connectivity index (χ4v) is 2.23. The van der Waals surface area contributed by atoms with Crippen molar-refractivity contribution in [1.82, 2.24) is 9.88 Å². The van der Waals surface area contributed by atoms with Crippen LogP contribution in [0.2, 0.25) is 0 Å². The Morgan fingerprint density at radius 2 is 2.14 bits per heavy atom. The van der Waals surface area contributed by atoms with Gasteiger partial charge >= 0.3 is 0 Å². The first kappa shape index (κ1) is 9.78. The summed E-state index contributed by atoms with van der Waals surface area (Å²) in [7, 11) is 2.07. The quantitative estimate of drug-likeness (QED) is 0.778. The molecule has 2 rings (SSSR count). The van der Waals surface area contributed by atoms with Crippen LogP contribution in [0.4, 0.5) is 0 Å². The van der Waals surface area contributed by atoms with E-state index in [0.29, 0.717) is 0 Å². The van der Waals surface area contributed by atoms with Crippen LogP contribution in [0.25, 0.3) is 0 Å². The highest BCUT2D eigenvalue weighted by Crippen LogP contribution is 2.17. The Bertz CT molecular complexity index is 272. The minimum absolute atomic E-state index is 0.768. The number of nitrogens with zero attached hydrogens (tertiary/aromatic N) is 1. The van der Waals surface area contributed by atoms with Gasteiger partial charge in [-0.05, 0) is 24.5 Å². The Kier molecular flexibility index (Phi) is 3.25. The van der Waals surface area contributed by atoms with Gasteiger partial charge in [0.2, 0.25) is 0 Å². The lowest BCUT2D eigenvalue weighted by molar-refractivity contribution is 0.372. The average molecular weight is 192 g/mol. The van der Waals surface area contributed by atoms with Crippen molar-refractivity contribution in [3.05, 3.63) is 24.0 Å². The van der Waals surface area contributed by atoms with Gasteiger partial charge in [0.25, 0.3) is 0 Å². The minimum Gasteiger partial charge on any atom is -0.357 e. The van der Waals surface area contributed by atoms with E-state index in [1.54, 1.807) is 0 Å². The van der Waals surface area contributed by atoms with Crippen LogP contribution in [0, 0.1) is 0 Å². The van der Waals surface area contributed by atoms with Crippen LogP contribution in [-0.4, -0.2) is 10.6 Å². The van der Waals surface area contributed by atoms with Crippen molar-refractivity contribution in [3.63, 3.8) is 0 Å². The van der Waals surface area contributed by atoms with Gasteiger partial charge in [0.05, 0.1) is 0 Å². The van der Waals surface area contributed by atoms with Gasteiger partial charge in [0.1, 0.15) is 0 Å². The normalized spacial score (nSPS) is 18.6. The topological polar surface area (TPSA) is 17.0 Å². The number of hydrogen-bond acceptors (Lipinski definition) is 1. The van der Waals surface area contributed by atoms with Gasteiger partial charge in [-0.15, -0.1) is 0 Å². The molecular weight excluding hydrogens is 172 g/mol. The van der Waals surface area contributed by atoms with Crippen LogP contribution in [-0.2, 0) is 13.6 Å². The summed E-state index contributed by atoms with van der Waals surface area (Å²) >= 11 is 0. The first-order valence-electron chi connectivity index (χ1n) is 5.69. The van der Waals surface area contributed by atoms with Crippen LogP contribution in [0.3, 0.4) is 0 Å². The fourth-order valence-electron chi connectivity index (χ4n) is 2.23. The average Bonchev–Trinajstić information content (AvgIpc) is 2.63. The first-order valence-corrected chi connectivity index (χ1v) is 5.69. The molecule has 1 aromatic rings. The number of nitrogens with one attached hydrogen (secondary N) is 1. The highest BCUT2D eigenvalue weighted by atomic mass is 14.9. The van der Waals surface area contributed by atoms with Crippen molar-refractivity contribution in [2.45, 2.75) is 44.7 Å². The molecule has 0 aromatic carbocycles. The van der Waals surface area contributed by atoms with Crippen molar-refractivity contribution in [1.29, 1.82) is 0 Å². The maximum absolute atomic E-state index is 3.64. The van der Waals surface area contributed by atoms with Crippen molar-refractivity contribution in [2.24, 2.45) is 7.05 Å². The second-order valence-corrected chi connectivity index (χ2v) is 4.40. The smallest absolute Gasteiger partial charge is 0.0223 e. The van der Waals surface area contributed by atoms with E-state index in [-0.39, 0.29) is 0 Å². The molecule has 0 bridgehead atoms. The molecule has 1 fully saturated rings. The standard InChI is InChI=1S/C12H20N2/c1-14-8-7-11(10-14)9-13-12-5-3-2-4-6-12/h7-8,10,12-13H,2-6,9H2,1H3. The summed E-state index contributed by atoms with van der Waals surface area (Å²) in [6.07, 6.45) is 11.3. The summed E-state index contributed by atoms with van der Waals surface area (Å²) in [4.78, 5) is 0. The van der Waals surface area contributed by atoms with E-state index in [1.165, 1.54) is 37.7 Å². The third-order valence-corrected chi connectivity index (χ3v) is 3.09. The van der Waals surface area contributed by atoms with Gasteiger partial charge < -0.3 is 9.88 Å². The third-order valence-electron chi connectivity index (χ3n) is 3.09. The van der Waals surface area contributed by atoms with E-state index in [4.69, 9.17) is 0 Å². The van der Waals surface area contributed by atoms with Crippen LogP contribution in [0.15, 0.2) is 18.5 Å². The van der Waals surface area contributed by atoms with E-state index >= 15 is 0 Å². The molecule has 0 aliphatic heterocycles. The molecule has 1 aromatic heterocycles. The van der Waals surface area contributed by atoms with E-state index in [9.17, 15) is 0 Å². The zero-order valence-corrected chi connectivity index (χ0v) is 9.00. The molecule has 14 heavy (non-hydrogen) atoms. The predicted octanol–water partition coefficient (Wildman–Crippen LogP) is 2.45. The summed E-state index contributed by atoms with van der Waals surface area (Å²) in [6.45, 7) is 1.03. The fraction of sp³-hybridized carbons (Fsp3) is 0.667. The van der Waals surface area contributed by atoms with Gasteiger partial charge in [0.15, 0.2) is 0 Å². The van der Waals surface area contributed by atoms with Gasteiger partial charge in [-0.25, -0.2) is 0 Å². The molecule has 2 nitrogen and oxygen atoms in total. The third kappa shape index (κ3) is 2.61. The molecule has 1 N–H and O–H groups in total. The second kappa shape index (κ2) is 4.65. The molecule has 0 radical (unpaired) electrons. The number of aryl methyl sites for hydroxylation is 1. The maximum atomic E-state index is 3.64. The first-order chi connectivity index (χ1) is 6.84. The Balaban J connectivity index is 1.76. The van der Waals surface area contributed by atoms with E-state index < -0.39 is 0 Å². The van der Waals surface area contributed by atoms with Gasteiger partial charge in [0, 0.05) is 32.0 Å². The highest BCUT2D eigenvalue weighted by Gasteiger charge is 2.12. The molecule has 78 valence electrons. The molecule has 0 amide bonds. The largest absolute Gasteiger partial charge is 0.357 e. The SMILES string of the molecule is Cn1ccc(CNC2CCCCC2)c1. The van der Waals surface area contributed by atoms with Gasteiger partial charge in [-0.2, -0.15) is 0 Å².